The minimum atomic E-state index is 0.238. The van der Waals surface area contributed by atoms with Crippen molar-refractivity contribution in [3.05, 3.63) is 29.6 Å². The molecule has 1 aliphatic rings. The number of aryl methyl sites for hydroxylation is 1. The van der Waals surface area contributed by atoms with Crippen LogP contribution >= 0.6 is 0 Å². The van der Waals surface area contributed by atoms with Crippen LogP contribution in [0.5, 0.6) is 0 Å². The lowest BCUT2D eigenvalue weighted by Gasteiger charge is -2.25. The van der Waals surface area contributed by atoms with E-state index in [4.69, 9.17) is 5.73 Å². The second-order valence-electron chi connectivity index (χ2n) is 4.69. The van der Waals surface area contributed by atoms with Crippen molar-refractivity contribution in [1.29, 1.82) is 0 Å². The van der Waals surface area contributed by atoms with Crippen LogP contribution in [-0.2, 0) is 0 Å². The first-order valence-electron chi connectivity index (χ1n) is 6.14. The van der Waals surface area contributed by atoms with E-state index in [1.807, 2.05) is 6.20 Å². The van der Waals surface area contributed by atoms with Gasteiger partial charge in [0.25, 0.3) is 0 Å². The number of rotatable bonds is 3. The Labute approximate surface area is 97.7 Å². The molecule has 1 fully saturated rings. The van der Waals surface area contributed by atoms with Crippen molar-refractivity contribution in [1.82, 2.24) is 9.88 Å². The van der Waals surface area contributed by atoms with E-state index in [2.05, 4.69) is 35.9 Å². The van der Waals surface area contributed by atoms with E-state index in [0.717, 1.165) is 25.2 Å². The van der Waals surface area contributed by atoms with Crippen molar-refractivity contribution >= 4 is 0 Å². The van der Waals surface area contributed by atoms with Crippen molar-refractivity contribution in [2.75, 3.05) is 13.1 Å². The van der Waals surface area contributed by atoms with Crippen LogP contribution in [0.15, 0.2) is 18.3 Å². The second kappa shape index (κ2) is 4.93. The zero-order valence-corrected chi connectivity index (χ0v) is 10.2. The molecule has 2 heterocycles. The van der Waals surface area contributed by atoms with Gasteiger partial charge in [-0.15, -0.1) is 0 Å². The summed E-state index contributed by atoms with van der Waals surface area (Å²) in [5.74, 6) is 0. The van der Waals surface area contributed by atoms with Crippen LogP contribution in [0.3, 0.4) is 0 Å². The maximum absolute atomic E-state index is 6.19. The number of nitrogens with two attached hydrogens (primary N) is 1. The van der Waals surface area contributed by atoms with Crippen molar-refractivity contribution in [2.24, 2.45) is 5.73 Å². The Morgan fingerprint density at radius 3 is 2.94 bits per heavy atom. The summed E-state index contributed by atoms with van der Waals surface area (Å²) >= 11 is 0. The van der Waals surface area contributed by atoms with Crippen LogP contribution in [0.2, 0.25) is 0 Å². The predicted molar refractivity (Wildman–Crippen MR) is 66.2 cm³/mol. The molecule has 0 spiro atoms. The van der Waals surface area contributed by atoms with Gasteiger partial charge in [-0.05, 0) is 37.9 Å². The highest BCUT2D eigenvalue weighted by Gasteiger charge is 2.32. The third kappa shape index (κ3) is 2.25. The summed E-state index contributed by atoms with van der Waals surface area (Å²) in [5, 5.41) is 0. The van der Waals surface area contributed by atoms with Gasteiger partial charge in [-0.25, -0.2) is 0 Å². The third-order valence-electron chi connectivity index (χ3n) is 3.30. The molecule has 1 aromatic rings. The molecule has 1 aliphatic heterocycles. The van der Waals surface area contributed by atoms with Crippen LogP contribution in [0.4, 0.5) is 0 Å². The van der Waals surface area contributed by atoms with Gasteiger partial charge >= 0.3 is 0 Å². The number of aromatic nitrogens is 1. The minimum absolute atomic E-state index is 0.238. The molecule has 3 nitrogen and oxygen atoms in total. The number of pyridine rings is 1. The van der Waals surface area contributed by atoms with E-state index >= 15 is 0 Å². The first kappa shape index (κ1) is 11.6. The van der Waals surface area contributed by atoms with Gasteiger partial charge < -0.3 is 5.73 Å². The standard InChI is InChI=1S/C13H21N3/c1-3-7-16-8-6-11(14)13(16)12-5-4-10(2)9-15-12/h4-5,9,11,13H,3,6-8,14H2,1-2H3/t11-,13-/m0/s1. The molecule has 88 valence electrons. The highest BCUT2D eigenvalue weighted by molar-refractivity contribution is 5.18. The fourth-order valence-corrected chi connectivity index (χ4v) is 2.48. The van der Waals surface area contributed by atoms with Crippen LogP contribution in [0, 0.1) is 6.92 Å². The first-order chi connectivity index (χ1) is 7.72. The lowest BCUT2D eigenvalue weighted by Crippen LogP contribution is -2.32. The Hall–Kier alpha value is -0.930. The highest BCUT2D eigenvalue weighted by atomic mass is 15.2. The SMILES string of the molecule is CCCN1CC[C@H](N)[C@H]1c1ccc(C)cn1. The Morgan fingerprint density at radius 1 is 1.50 bits per heavy atom. The van der Waals surface area contributed by atoms with Gasteiger partial charge in [0, 0.05) is 18.8 Å². The van der Waals surface area contributed by atoms with E-state index < -0.39 is 0 Å². The van der Waals surface area contributed by atoms with E-state index in [-0.39, 0.29) is 6.04 Å². The van der Waals surface area contributed by atoms with Gasteiger partial charge in [-0.2, -0.15) is 0 Å². The fourth-order valence-electron chi connectivity index (χ4n) is 2.48. The average molecular weight is 219 g/mol. The molecule has 1 aromatic heterocycles. The molecule has 0 amide bonds. The summed E-state index contributed by atoms with van der Waals surface area (Å²) in [6, 6.07) is 4.80. The summed E-state index contributed by atoms with van der Waals surface area (Å²) in [6.07, 6.45) is 4.19. The lowest BCUT2D eigenvalue weighted by molar-refractivity contribution is 0.244. The number of hydrogen-bond acceptors (Lipinski definition) is 3. The number of likely N-dealkylation sites (tertiary alicyclic amines) is 1. The van der Waals surface area contributed by atoms with Crippen LogP contribution < -0.4 is 5.73 Å². The summed E-state index contributed by atoms with van der Waals surface area (Å²) in [4.78, 5) is 6.98. The van der Waals surface area contributed by atoms with Gasteiger partial charge in [0.2, 0.25) is 0 Å². The zero-order chi connectivity index (χ0) is 11.5. The minimum Gasteiger partial charge on any atom is -0.326 e. The van der Waals surface area contributed by atoms with E-state index in [1.165, 1.54) is 12.0 Å². The number of nitrogens with zero attached hydrogens (tertiary/aromatic N) is 2. The topological polar surface area (TPSA) is 42.1 Å². The largest absolute Gasteiger partial charge is 0.326 e. The monoisotopic (exact) mass is 219 g/mol. The molecule has 3 heteroatoms. The van der Waals surface area contributed by atoms with E-state index in [9.17, 15) is 0 Å². The van der Waals surface area contributed by atoms with Gasteiger partial charge in [0.1, 0.15) is 0 Å². The molecule has 0 unspecified atom stereocenters. The Bertz CT molecular complexity index is 332. The Balaban J connectivity index is 2.19. The molecule has 1 saturated heterocycles. The average Bonchev–Trinajstić information content (AvgIpc) is 2.62. The summed E-state index contributed by atoms with van der Waals surface area (Å²) in [6.45, 7) is 6.50. The first-order valence-corrected chi connectivity index (χ1v) is 6.14. The van der Waals surface area contributed by atoms with Crippen LogP contribution in [-0.4, -0.2) is 29.0 Å². The molecule has 2 N–H and O–H groups in total. The van der Waals surface area contributed by atoms with E-state index in [1.54, 1.807) is 0 Å². The van der Waals surface area contributed by atoms with Gasteiger partial charge in [0.05, 0.1) is 11.7 Å². The zero-order valence-electron chi connectivity index (χ0n) is 10.2. The predicted octanol–water partition coefficient (Wildman–Crippen LogP) is 1.87. The smallest absolute Gasteiger partial charge is 0.0674 e. The van der Waals surface area contributed by atoms with Crippen molar-refractivity contribution in [3.63, 3.8) is 0 Å². The third-order valence-corrected chi connectivity index (χ3v) is 3.30. The van der Waals surface area contributed by atoms with Gasteiger partial charge in [-0.1, -0.05) is 13.0 Å². The molecule has 2 rings (SSSR count). The summed E-state index contributed by atoms with van der Waals surface area (Å²) in [5.41, 5.74) is 8.52. The molecule has 0 aromatic carbocycles. The van der Waals surface area contributed by atoms with Gasteiger partial charge in [0.15, 0.2) is 0 Å². The van der Waals surface area contributed by atoms with E-state index in [0.29, 0.717) is 6.04 Å². The molecular formula is C13H21N3. The van der Waals surface area contributed by atoms with Crippen molar-refractivity contribution in [3.8, 4) is 0 Å². The van der Waals surface area contributed by atoms with Crippen LogP contribution in [0.25, 0.3) is 0 Å². The maximum Gasteiger partial charge on any atom is 0.0674 e. The second-order valence-corrected chi connectivity index (χ2v) is 4.69. The highest BCUT2D eigenvalue weighted by Crippen LogP contribution is 2.29. The molecule has 0 aliphatic carbocycles. The van der Waals surface area contributed by atoms with Crippen LogP contribution in [0.1, 0.15) is 37.1 Å². The number of hydrogen-bond donors (Lipinski definition) is 1. The molecule has 2 atom stereocenters. The van der Waals surface area contributed by atoms with Crippen molar-refractivity contribution in [2.45, 2.75) is 38.8 Å². The summed E-state index contributed by atoms with van der Waals surface area (Å²) in [7, 11) is 0. The quantitative estimate of drug-likeness (QED) is 0.844. The lowest BCUT2D eigenvalue weighted by atomic mass is 10.1. The Morgan fingerprint density at radius 2 is 2.31 bits per heavy atom. The normalized spacial score (nSPS) is 26.2. The Kier molecular flexibility index (Phi) is 3.56. The van der Waals surface area contributed by atoms with Crippen molar-refractivity contribution < 1.29 is 0 Å². The van der Waals surface area contributed by atoms with Gasteiger partial charge in [-0.3, -0.25) is 9.88 Å². The molecule has 0 radical (unpaired) electrons. The molecule has 16 heavy (non-hydrogen) atoms. The molecular weight excluding hydrogens is 198 g/mol. The maximum atomic E-state index is 6.19. The fraction of sp³-hybridized carbons (Fsp3) is 0.615. The molecule has 0 bridgehead atoms. The summed E-state index contributed by atoms with van der Waals surface area (Å²) < 4.78 is 0. The molecule has 0 saturated carbocycles.